The number of pyridine rings is 3. The molecule has 3 amide bonds. The predicted octanol–water partition coefficient (Wildman–Crippen LogP) is 5.69. The van der Waals surface area contributed by atoms with E-state index < -0.39 is 11.9 Å². The molecule has 1 saturated carbocycles. The van der Waals surface area contributed by atoms with Gasteiger partial charge in [0.2, 0.25) is 17.7 Å². The van der Waals surface area contributed by atoms with Gasteiger partial charge in [-0.1, -0.05) is 18.1 Å². The molecule has 1 aliphatic carbocycles. The van der Waals surface area contributed by atoms with Crippen molar-refractivity contribution in [2.75, 3.05) is 19.8 Å². The number of carbonyl (C=O) groups is 3. The number of nitrogens with zero attached hydrogens (tertiary/aromatic N) is 5. The highest BCUT2D eigenvalue weighted by Gasteiger charge is 2.39. The molecule has 1 unspecified atom stereocenters. The number of rotatable bonds is 11. The van der Waals surface area contributed by atoms with E-state index >= 15 is 0 Å². The Kier molecular flexibility index (Phi) is 9.93. The van der Waals surface area contributed by atoms with E-state index in [0.29, 0.717) is 54.8 Å². The lowest BCUT2D eigenvalue weighted by Crippen LogP contribution is -2.52. The second-order valence-electron chi connectivity index (χ2n) is 14.8. The maximum Gasteiger partial charge on any atom is 0.255 e. The Morgan fingerprint density at radius 1 is 0.845 bits per heavy atom. The van der Waals surface area contributed by atoms with Gasteiger partial charge >= 0.3 is 0 Å². The Morgan fingerprint density at radius 3 is 2.53 bits per heavy atom. The Balaban J connectivity index is 0.687. The maximum atomic E-state index is 12.9. The molecule has 3 aliphatic rings. The van der Waals surface area contributed by atoms with Crippen LogP contribution in [0.2, 0.25) is 0 Å². The van der Waals surface area contributed by atoms with Gasteiger partial charge in [-0.15, -0.1) is 0 Å². The van der Waals surface area contributed by atoms with Gasteiger partial charge in [-0.2, -0.15) is 0 Å². The van der Waals surface area contributed by atoms with E-state index in [1.165, 1.54) is 10.3 Å². The van der Waals surface area contributed by atoms with Gasteiger partial charge in [0, 0.05) is 84.4 Å². The number of imide groups is 1. The first-order valence-electron chi connectivity index (χ1n) is 19.3. The summed E-state index contributed by atoms with van der Waals surface area (Å²) in [6, 6.07) is 18.9. The van der Waals surface area contributed by atoms with E-state index in [2.05, 4.69) is 68.0 Å². The summed E-state index contributed by atoms with van der Waals surface area (Å²) in [6.45, 7) is 3.15. The fourth-order valence-electron chi connectivity index (χ4n) is 7.77. The molecule has 1 atom stereocenters. The van der Waals surface area contributed by atoms with Crippen molar-refractivity contribution in [2.45, 2.75) is 57.4 Å². The third-order valence-electron chi connectivity index (χ3n) is 10.9. The summed E-state index contributed by atoms with van der Waals surface area (Å²) in [7, 11) is 2.08. The van der Waals surface area contributed by atoms with Crippen molar-refractivity contribution in [1.82, 2.24) is 29.7 Å². The van der Waals surface area contributed by atoms with E-state index in [0.717, 1.165) is 51.5 Å². The maximum absolute atomic E-state index is 12.9. The van der Waals surface area contributed by atoms with Crippen LogP contribution < -0.4 is 19.5 Å². The summed E-state index contributed by atoms with van der Waals surface area (Å²) in [5.74, 6) is 6.94. The number of ether oxygens (including phenoxy) is 4. The van der Waals surface area contributed by atoms with Gasteiger partial charge in [0.1, 0.15) is 48.7 Å². The molecule has 6 heterocycles. The quantitative estimate of drug-likeness (QED) is 0.0990. The van der Waals surface area contributed by atoms with Crippen LogP contribution in [0.4, 0.5) is 0 Å². The van der Waals surface area contributed by atoms with Gasteiger partial charge in [-0.05, 0) is 78.9 Å². The number of hydrogen-bond acceptors (Lipinski definition) is 10. The van der Waals surface area contributed by atoms with Crippen LogP contribution in [-0.4, -0.2) is 80.2 Å². The van der Waals surface area contributed by atoms with E-state index in [1.807, 2.05) is 43.7 Å². The fraction of sp³-hybridized carbons (Fsp3) is 0.289. The third-order valence-corrected chi connectivity index (χ3v) is 10.9. The van der Waals surface area contributed by atoms with Gasteiger partial charge in [-0.3, -0.25) is 24.7 Å². The molecule has 0 radical (unpaired) electrons. The van der Waals surface area contributed by atoms with Crippen LogP contribution in [0.3, 0.4) is 0 Å². The molecule has 1 saturated heterocycles. The minimum atomic E-state index is -0.651. The molecule has 2 aromatic carbocycles. The van der Waals surface area contributed by atoms with Crippen molar-refractivity contribution in [3.8, 4) is 40.3 Å². The zero-order chi connectivity index (χ0) is 39.8. The van der Waals surface area contributed by atoms with Gasteiger partial charge in [0.25, 0.3) is 5.91 Å². The number of aryl methyl sites for hydroxylation is 2. The van der Waals surface area contributed by atoms with Crippen molar-refractivity contribution in [3.63, 3.8) is 0 Å². The summed E-state index contributed by atoms with van der Waals surface area (Å²) in [6.07, 6.45) is 9.42. The SMILES string of the molecule is Cc1cc(-c2ccc3c4cnccc4n(C)c3c2)cnc1O[C@H]1C[C@H](Oc2ccc(C#CCOCCOc3ccc4c(c3)CN(C3CCC(=O)NC3=O)C4=O)nc2)C1. The van der Waals surface area contributed by atoms with Gasteiger partial charge < -0.3 is 28.4 Å². The molecular weight excluding hydrogens is 737 g/mol. The number of benzene rings is 2. The smallest absolute Gasteiger partial charge is 0.255 e. The van der Waals surface area contributed by atoms with Crippen LogP contribution in [0.15, 0.2) is 85.5 Å². The number of carbonyl (C=O) groups excluding carboxylic acids is 3. The number of amides is 3. The largest absolute Gasteiger partial charge is 0.491 e. The zero-order valence-corrected chi connectivity index (χ0v) is 32.1. The molecule has 4 aromatic heterocycles. The lowest BCUT2D eigenvalue weighted by Gasteiger charge is -2.35. The Morgan fingerprint density at radius 2 is 1.71 bits per heavy atom. The van der Waals surface area contributed by atoms with Crippen molar-refractivity contribution in [2.24, 2.45) is 7.05 Å². The number of piperidine rings is 1. The van der Waals surface area contributed by atoms with E-state index in [4.69, 9.17) is 18.9 Å². The molecule has 292 valence electrons. The molecule has 13 nitrogen and oxygen atoms in total. The van der Waals surface area contributed by atoms with Crippen LogP contribution >= 0.6 is 0 Å². The minimum Gasteiger partial charge on any atom is -0.491 e. The first kappa shape index (κ1) is 36.8. The van der Waals surface area contributed by atoms with Crippen LogP contribution in [0.25, 0.3) is 32.9 Å². The lowest BCUT2D eigenvalue weighted by molar-refractivity contribution is -0.136. The van der Waals surface area contributed by atoms with Crippen molar-refractivity contribution >= 4 is 39.5 Å². The number of hydrogen-bond donors (Lipinski definition) is 1. The molecule has 13 heteroatoms. The molecule has 2 fully saturated rings. The van der Waals surface area contributed by atoms with E-state index in [9.17, 15) is 14.4 Å². The highest BCUT2D eigenvalue weighted by atomic mass is 16.5. The molecule has 6 aromatic rings. The monoisotopic (exact) mass is 776 g/mol. The molecule has 2 aliphatic heterocycles. The molecule has 1 N–H and O–H groups in total. The van der Waals surface area contributed by atoms with E-state index in [-0.39, 0.29) is 37.0 Å². The Bertz CT molecular complexity index is 2640. The fourth-order valence-corrected chi connectivity index (χ4v) is 7.77. The second-order valence-corrected chi connectivity index (χ2v) is 14.8. The molecule has 0 spiro atoms. The zero-order valence-electron chi connectivity index (χ0n) is 32.1. The van der Waals surface area contributed by atoms with Crippen LogP contribution in [0.1, 0.15) is 52.9 Å². The van der Waals surface area contributed by atoms with Crippen molar-refractivity contribution in [1.29, 1.82) is 0 Å². The number of nitrogens with one attached hydrogen (secondary N) is 1. The normalized spacial score (nSPS) is 18.7. The molecule has 9 rings (SSSR count). The third kappa shape index (κ3) is 7.42. The predicted molar refractivity (Wildman–Crippen MR) is 214 cm³/mol. The Hall–Kier alpha value is -6.78. The summed E-state index contributed by atoms with van der Waals surface area (Å²) >= 11 is 0. The van der Waals surface area contributed by atoms with Crippen LogP contribution in [0, 0.1) is 18.8 Å². The van der Waals surface area contributed by atoms with Crippen LogP contribution in [0.5, 0.6) is 17.4 Å². The van der Waals surface area contributed by atoms with Gasteiger partial charge in [0.05, 0.1) is 18.3 Å². The average Bonchev–Trinajstić information content (AvgIpc) is 3.69. The lowest BCUT2D eigenvalue weighted by atomic mass is 9.92. The second kappa shape index (κ2) is 15.6. The topological polar surface area (TPSA) is 147 Å². The first-order chi connectivity index (χ1) is 28.3. The summed E-state index contributed by atoms with van der Waals surface area (Å²) in [4.78, 5) is 51.6. The highest BCUT2D eigenvalue weighted by Crippen LogP contribution is 2.35. The van der Waals surface area contributed by atoms with E-state index in [1.54, 1.807) is 24.4 Å². The van der Waals surface area contributed by atoms with Gasteiger partial charge in [0.15, 0.2) is 0 Å². The van der Waals surface area contributed by atoms with Crippen LogP contribution in [-0.2, 0) is 27.9 Å². The molecular formula is C45H40N6O7. The van der Waals surface area contributed by atoms with Crippen molar-refractivity contribution in [3.05, 3.63) is 108 Å². The molecule has 0 bridgehead atoms. The van der Waals surface area contributed by atoms with Crippen molar-refractivity contribution < 1.29 is 33.3 Å². The standard InChI is InChI=1S/C45H40N6O7/c1-27-18-29(28-5-9-37-38-25-46-14-13-39(38)50(2)41(37)20-28)23-48-44(27)58-35-21-34(22-35)57-33-7-6-31(47-24-33)4-3-15-55-16-17-56-32-8-10-36-30(19-32)26-51(45(36)54)40-11-12-42(52)49-43(40)53/h5-10,13-14,18-20,23-25,34-35,40H,11-12,15-17,21-22,26H2,1-2H3,(H,49,52,53)/t34-,35-,40?. The molecule has 58 heavy (non-hydrogen) atoms. The summed E-state index contributed by atoms with van der Waals surface area (Å²) < 4.78 is 26.0. The minimum absolute atomic E-state index is 0.0307. The first-order valence-corrected chi connectivity index (χ1v) is 19.3. The number of aromatic nitrogens is 4. The summed E-state index contributed by atoms with van der Waals surface area (Å²) in [5, 5.41) is 4.65. The average molecular weight is 777 g/mol. The summed E-state index contributed by atoms with van der Waals surface area (Å²) in [5.41, 5.74) is 7.37. The van der Waals surface area contributed by atoms with Gasteiger partial charge in [-0.25, -0.2) is 9.97 Å². The number of fused-ring (bicyclic) bond motifs is 4. The Labute approximate surface area is 334 Å². The highest BCUT2D eigenvalue weighted by molar-refractivity contribution is 6.08.